The number of nitro groups is 1. The molecule has 0 radical (unpaired) electrons. The fourth-order valence-corrected chi connectivity index (χ4v) is 3.20. The summed E-state index contributed by atoms with van der Waals surface area (Å²) in [6.45, 7) is 4.09. The van der Waals surface area contributed by atoms with Crippen LogP contribution in [0.25, 0.3) is 0 Å². The lowest BCUT2D eigenvalue weighted by Gasteiger charge is -2.29. The molecule has 29 heavy (non-hydrogen) atoms. The Kier molecular flexibility index (Phi) is 6.08. The maximum Gasteiger partial charge on any atom is 0.340 e. The van der Waals surface area contributed by atoms with E-state index in [1.54, 1.807) is 18.2 Å². The third-order valence-electron chi connectivity index (χ3n) is 4.78. The van der Waals surface area contributed by atoms with Crippen molar-refractivity contribution < 1.29 is 24.0 Å². The number of carbonyl (C=O) groups is 2. The van der Waals surface area contributed by atoms with E-state index in [1.165, 1.54) is 32.2 Å². The van der Waals surface area contributed by atoms with Crippen LogP contribution in [0.1, 0.15) is 26.3 Å². The Bertz CT molecular complexity index is 953. The largest absolute Gasteiger partial charge is 0.465 e. The van der Waals surface area contributed by atoms with E-state index >= 15 is 0 Å². The average molecular weight is 399 g/mol. The summed E-state index contributed by atoms with van der Waals surface area (Å²) in [7, 11) is 1.26. The quantitative estimate of drug-likeness (QED) is 0.467. The summed E-state index contributed by atoms with van der Waals surface area (Å²) < 4.78 is 10.2. The summed E-state index contributed by atoms with van der Waals surface area (Å²) in [5.41, 5.74) is 1.55. The molecule has 2 aromatic rings. The predicted molar refractivity (Wildman–Crippen MR) is 107 cm³/mol. The number of carbonyl (C=O) groups excluding carboxylic acids is 2. The van der Waals surface area contributed by atoms with Crippen molar-refractivity contribution in [2.45, 2.75) is 6.92 Å². The van der Waals surface area contributed by atoms with Crippen LogP contribution in [0.5, 0.6) is 0 Å². The van der Waals surface area contributed by atoms with Gasteiger partial charge in [-0.2, -0.15) is 0 Å². The van der Waals surface area contributed by atoms with Crippen LogP contribution in [0, 0.1) is 17.0 Å². The van der Waals surface area contributed by atoms with Crippen LogP contribution in [0.15, 0.2) is 36.4 Å². The van der Waals surface area contributed by atoms with Gasteiger partial charge in [0.25, 0.3) is 11.6 Å². The van der Waals surface area contributed by atoms with Gasteiger partial charge in [0.2, 0.25) is 0 Å². The highest BCUT2D eigenvalue weighted by Crippen LogP contribution is 2.27. The first kappa shape index (κ1) is 20.3. The Labute approximate surface area is 167 Å². The van der Waals surface area contributed by atoms with E-state index in [0.717, 1.165) is 5.69 Å². The number of nitro benzene ring substituents is 1. The van der Waals surface area contributed by atoms with Crippen LogP contribution in [-0.4, -0.2) is 50.2 Å². The SMILES string of the molecule is COC(=O)c1cc(N2CCOCC2)ccc1NC(=O)c1cccc([N+](=O)[O-])c1C. The highest BCUT2D eigenvalue weighted by Gasteiger charge is 2.21. The molecule has 0 aliphatic carbocycles. The second-order valence-corrected chi connectivity index (χ2v) is 6.48. The Hall–Kier alpha value is -3.46. The van der Waals surface area contributed by atoms with Crippen molar-refractivity contribution in [2.75, 3.05) is 43.6 Å². The molecule has 0 bridgehead atoms. The summed E-state index contributed by atoms with van der Waals surface area (Å²) in [4.78, 5) is 37.7. The Morgan fingerprint density at radius 1 is 1.17 bits per heavy atom. The van der Waals surface area contributed by atoms with Crippen LogP contribution < -0.4 is 10.2 Å². The van der Waals surface area contributed by atoms with Crippen molar-refractivity contribution in [2.24, 2.45) is 0 Å². The van der Waals surface area contributed by atoms with Gasteiger partial charge in [0, 0.05) is 36.0 Å². The first-order valence-corrected chi connectivity index (χ1v) is 9.02. The average Bonchev–Trinajstić information content (AvgIpc) is 2.74. The number of hydrogen-bond donors (Lipinski definition) is 1. The second-order valence-electron chi connectivity index (χ2n) is 6.48. The van der Waals surface area contributed by atoms with Crippen molar-refractivity contribution in [1.29, 1.82) is 0 Å². The molecule has 0 saturated carbocycles. The van der Waals surface area contributed by atoms with Gasteiger partial charge in [-0.3, -0.25) is 14.9 Å². The molecule has 152 valence electrons. The lowest BCUT2D eigenvalue weighted by molar-refractivity contribution is -0.385. The van der Waals surface area contributed by atoms with Gasteiger partial charge in [-0.25, -0.2) is 4.79 Å². The van der Waals surface area contributed by atoms with Crippen molar-refractivity contribution in [3.05, 3.63) is 63.2 Å². The van der Waals surface area contributed by atoms with Crippen LogP contribution >= 0.6 is 0 Å². The topological polar surface area (TPSA) is 111 Å². The molecule has 0 unspecified atom stereocenters. The molecule has 1 aliphatic heterocycles. The van der Waals surface area contributed by atoms with Gasteiger partial charge in [-0.1, -0.05) is 6.07 Å². The summed E-state index contributed by atoms with van der Waals surface area (Å²) in [5, 5.41) is 13.8. The number of amides is 1. The number of hydrogen-bond acceptors (Lipinski definition) is 7. The third kappa shape index (κ3) is 4.35. The first-order chi connectivity index (χ1) is 13.9. The molecule has 1 saturated heterocycles. The molecular weight excluding hydrogens is 378 g/mol. The highest BCUT2D eigenvalue weighted by molar-refractivity contribution is 6.09. The van der Waals surface area contributed by atoms with Crippen molar-refractivity contribution in [1.82, 2.24) is 0 Å². The van der Waals surface area contributed by atoms with Crippen LogP contribution in [0.3, 0.4) is 0 Å². The molecule has 1 heterocycles. The predicted octanol–water partition coefficient (Wildman–Crippen LogP) is 2.78. The monoisotopic (exact) mass is 399 g/mol. The zero-order valence-corrected chi connectivity index (χ0v) is 16.1. The summed E-state index contributed by atoms with van der Waals surface area (Å²) in [6.07, 6.45) is 0. The zero-order chi connectivity index (χ0) is 21.0. The maximum absolute atomic E-state index is 12.7. The zero-order valence-electron chi connectivity index (χ0n) is 16.1. The van der Waals surface area contributed by atoms with Crippen LogP contribution in [0.2, 0.25) is 0 Å². The molecule has 1 amide bonds. The number of benzene rings is 2. The number of anilines is 2. The summed E-state index contributed by atoms with van der Waals surface area (Å²) in [5.74, 6) is -1.14. The third-order valence-corrected chi connectivity index (χ3v) is 4.78. The van der Waals surface area contributed by atoms with E-state index in [4.69, 9.17) is 9.47 Å². The molecule has 0 spiro atoms. The Morgan fingerprint density at radius 3 is 2.55 bits per heavy atom. The molecule has 0 aromatic heterocycles. The number of rotatable bonds is 5. The van der Waals surface area contributed by atoms with Gasteiger partial charge < -0.3 is 19.7 Å². The van der Waals surface area contributed by atoms with E-state index in [1.807, 2.05) is 0 Å². The summed E-state index contributed by atoms with van der Waals surface area (Å²) >= 11 is 0. The molecule has 9 nitrogen and oxygen atoms in total. The number of nitrogens with one attached hydrogen (secondary N) is 1. The fraction of sp³-hybridized carbons (Fsp3) is 0.300. The lowest BCUT2D eigenvalue weighted by Crippen LogP contribution is -2.36. The summed E-state index contributed by atoms with van der Waals surface area (Å²) in [6, 6.07) is 9.37. The van der Waals surface area contributed by atoms with Gasteiger partial charge in [0.15, 0.2) is 0 Å². The number of esters is 1. The van der Waals surface area contributed by atoms with Crippen LogP contribution in [-0.2, 0) is 9.47 Å². The number of morpholine rings is 1. The van der Waals surface area contributed by atoms with Crippen molar-refractivity contribution in [3.63, 3.8) is 0 Å². The Morgan fingerprint density at radius 2 is 1.90 bits per heavy atom. The number of ether oxygens (including phenoxy) is 2. The molecule has 3 rings (SSSR count). The van der Waals surface area contributed by atoms with Gasteiger partial charge in [0.1, 0.15) is 0 Å². The van der Waals surface area contributed by atoms with E-state index in [9.17, 15) is 19.7 Å². The van der Waals surface area contributed by atoms with Crippen molar-refractivity contribution >= 4 is 28.9 Å². The van der Waals surface area contributed by atoms with E-state index in [-0.39, 0.29) is 28.1 Å². The van der Waals surface area contributed by atoms with E-state index in [0.29, 0.717) is 26.3 Å². The second kappa shape index (κ2) is 8.70. The molecular formula is C20H21N3O6. The van der Waals surface area contributed by atoms with Gasteiger partial charge >= 0.3 is 5.97 Å². The van der Waals surface area contributed by atoms with Crippen molar-refractivity contribution in [3.8, 4) is 0 Å². The normalized spacial score (nSPS) is 13.7. The lowest BCUT2D eigenvalue weighted by atomic mass is 10.1. The Balaban J connectivity index is 1.92. The highest BCUT2D eigenvalue weighted by atomic mass is 16.6. The van der Waals surface area contributed by atoms with Crippen LogP contribution in [0.4, 0.5) is 17.1 Å². The minimum absolute atomic E-state index is 0.145. The molecule has 1 aliphatic rings. The van der Waals surface area contributed by atoms with E-state index < -0.39 is 16.8 Å². The standard InChI is InChI=1S/C20H21N3O6/c1-13-15(4-3-5-18(13)23(26)27)19(24)21-17-7-6-14(12-16(17)20(25)28-2)22-8-10-29-11-9-22/h3-7,12H,8-11H2,1-2H3,(H,21,24). The minimum Gasteiger partial charge on any atom is -0.465 e. The number of nitrogens with zero attached hydrogens (tertiary/aromatic N) is 2. The molecule has 2 aromatic carbocycles. The smallest absolute Gasteiger partial charge is 0.340 e. The van der Waals surface area contributed by atoms with Gasteiger partial charge in [0.05, 0.1) is 36.5 Å². The molecule has 1 N–H and O–H groups in total. The molecule has 1 fully saturated rings. The molecule has 9 heteroatoms. The van der Waals surface area contributed by atoms with Gasteiger partial charge in [-0.15, -0.1) is 0 Å². The van der Waals surface area contributed by atoms with Gasteiger partial charge in [-0.05, 0) is 31.2 Å². The number of methoxy groups -OCH3 is 1. The fourth-order valence-electron chi connectivity index (χ4n) is 3.20. The maximum atomic E-state index is 12.7. The minimum atomic E-state index is -0.592. The molecule has 0 atom stereocenters. The first-order valence-electron chi connectivity index (χ1n) is 9.02. The van der Waals surface area contributed by atoms with E-state index in [2.05, 4.69) is 10.2 Å².